The van der Waals surface area contributed by atoms with Crippen molar-refractivity contribution in [1.29, 1.82) is 5.26 Å². The van der Waals surface area contributed by atoms with Crippen molar-refractivity contribution in [2.45, 2.75) is 12.8 Å². The highest BCUT2D eigenvalue weighted by molar-refractivity contribution is 6.36. The third-order valence-corrected chi connectivity index (χ3v) is 6.00. The topological polar surface area (TPSA) is 92.7 Å². The van der Waals surface area contributed by atoms with E-state index in [9.17, 15) is 10.1 Å². The number of rotatable bonds is 4. The Morgan fingerprint density at radius 2 is 1.29 bits per heavy atom. The molecule has 0 radical (unpaired) electrons. The Labute approximate surface area is 211 Å². The van der Waals surface area contributed by atoms with Gasteiger partial charge in [0.15, 0.2) is 0 Å². The molecule has 2 heterocycles. The molecule has 2 aromatic heterocycles. The van der Waals surface area contributed by atoms with E-state index < -0.39 is 4.92 Å². The summed E-state index contributed by atoms with van der Waals surface area (Å²) in [4.78, 5) is 18.8. The molecule has 0 unspecified atom stereocenters. The highest BCUT2D eigenvalue weighted by Gasteiger charge is 2.15. The second kappa shape index (κ2) is 10.9. The number of hydrogen-bond acceptors (Lipinski definition) is 5. The van der Waals surface area contributed by atoms with Gasteiger partial charge in [0, 0.05) is 47.4 Å². The van der Waals surface area contributed by atoms with Crippen LogP contribution in [0.4, 0.5) is 5.69 Å². The molecule has 0 aliphatic heterocycles. The number of nitro groups is 1. The third-order valence-electron chi connectivity index (χ3n) is 5.33. The smallest absolute Gasteiger partial charge is 0.260 e. The summed E-state index contributed by atoms with van der Waals surface area (Å²) in [6.45, 7) is 0. The van der Waals surface area contributed by atoms with Crippen LogP contribution in [0.1, 0.15) is 17.0 Å². The van der Waals surface area contributed by atoms with E-state index in [1.165, 1.54) is 12.1 Å². The third kappa shape index (κ3) is 5.90. The molecule has 3 aromatic carbocycles. The molecule has 0 saturated carbocycles. The average Bonchev–Trinajstić information content (AvgIpc) is 2.86. The normalized spacial score (nSPS) is 10.4. The number of non-ortho nitro benzene ring substituents is 1. The lowest BCUT2D eigenvalue weighted by atomic mass is 10.1. The van der Waals surface area contributed by atoms with Gasteiger partial charge >= 0.3 is 0 Å². The number of benzene rings is 3. The van der Waals surface area contributed by atoms with E-state index in [-0.39, 0.29) is 15.7 Å². The lowest BCUT2D eigenvalue weighted by Crippen LogP contribution is -1.96. The number of nitriles is 1. The van der Waals surface area contributed by atoms with Crippen LogP contribution in [0, 0.1) is 21.4 Å². The van der Waals surface area contributed by atoms with Gasteiger partial charge in [-0.1, -0.05) is 71.7 Å². The molecular weight excluding hydrogens is 483 g/mol. The summed E-state index contributed by atoms with van der Waals surface area (Å²) in [5, 5.41) is 24.2. The minimum absolute atomic E-state index is 0.120. The molecule has 0 atom stereocenters. The molecule has 5 aromatic rings. The summed E-state index contributed by atoms with van der Waals surface area (Å²) in [6, 6.07) is 24.5. The molecule has 0 aliphatic carbocycles. The molecule has 5 rings (SSSR count). The van der Waals surface area contributed by atoms with E-state index in [1.54, 1.807) is 6.20 Å². The quantitative estimate of drug-likeness (QED) is 0.190. The minimum atomic E-state index is -0.518. The maximum absolute atomic E-state index is 10.8. The zero-order valence-electron chi connectivity index (χ0n) is 18.4. The number of fused-ring (bicyclic) bond motifs is 2. The summed E-state index contributed by atoms with van der Waals surface area (Å²) < 4.78 is 0. The van der Waals surface area contributed by atoms with E-state index in [2.05, 4.69) is 16.0 Å². The van der Waals surface area contributed by atoms with Crippen molar-refractivity contribution in [2.24, 2.45) is 0 Å². The Morgan fingerprint density at radius 1 is 0.800 bits per heavy atom. The first-order valence-electron chi connectivity index (χ1n) is 10.6. The van der Waals surface area contributed by atoms with E-state index in [1.807, 2.05) is 66.9 Å². The van der Waals surface area contributed by atoms with E-state index in [4.69, 9.17) is 28.5 Å². The van der Waals surface area contributed by atoms with Gasteiger partial charge in [0.1, 0.15) is 0 Å². The second-order valence-electron chi connectivity index (χ2n) is 7.70. The molecule has 0 fully saturated rings. The Bertz CT molecular complexity index is 1560. The zero-order valence-corrected chi connectivity index (χ0v) is 19.9. The molecule has 0 N–H and O–H groups in total. The molecule has 172 valence electrons. The zero-order chi connectivity index (χ0) is 24.8. The highest BCUT2D eigenvalue weighted by atomic mass is 35.5. The number of aromatic nitrogens is 2. The van der Waals surface area contributed by atoms with Crippen LogP contribution in [-0.2, 0) is 12.8 Å². The van der Waals surface area contributed by atoms with Gasteiger partial charge in [-0.25, -0.2) is 0 Å². The fraction of sp³-hybridized carbons (Fsp3) is 0.0741. The Morgan fingerprint density at radius 3 is 1.80 bits per heavy atom. The predicted molar refractivity (Wildman–Crippen MR) is 139 cm³/mol. The van der Waals surface area contributed by atoms with Gasteiger partial charge in [-0.15, -0.1) is 0 Å². The first kappa shape index (κ1) is 24.1. The van der Waals surface area contributed by atoms with Gasteiger partial charge in [0.25, 0.3) is 5.69 Å². The second-order valence-corrected chi connectivity index (χ2v) is 8.52. The van der Waals surface area contributed by atoms with Gasteiger partial charge in [-0.05, 0) is 28.5 Å². The van der Waals surface area contributed by atoms with Crippen LogP contribution in [0.15, 0.2) is 85.2 Å². The lowest BCUT2D eigenvalue weighted by Gasteiger charge is -2.08. The largest absolute Gasteiger partial charge is 0.272 e. The Balaban J connectivity index is 0.000000189. The van der Waals surface area contributed by atoms with Crippen LogP contribution in [-0.4, -0.2) is 14.9 Å². The fourth-order valence-electron chi connectivity index (χ4n) is 3.58. The maximum Gasteiger partial charge on any atom is 0.272 e. The number of halogens is 2. The van der Waals surface area contributed by atoms with Gasteiger partial charge < -0.3 is 0 Å². The average molecular weight is 501 g/mol. The summed E-state index contributed by atoms with van der Waals surface area (Å²) in [7, 11) is 0. The van der Waals surface area contributed by atoms with Crippen LogP contribution in [0.25, 0.3) is 21.5 Å². The van der Waals surface area contributed by atoms with Gasteiger partial charge in [-0.2, -0.15) is 5.26 Å². The summed E-state index contributed by atoms with van der Waals surface area (Å²) in [5.41, 5.74) is 2.15. The lowest BCUT2D eigenvalue weighted by molar-refractivity contribution is -0.384. The number of pyridine rings is 2. The minimum Gasteiger partial charge on any atom is -0.260 e. The standard InChI is InChI=1S/C16H10Cl2N2O2.C11H8N2/c17-15-7-13(20(21)22)8-16(18)14(15)6-12-5-10-3-1-2-4-11(10)9-19-12;12-6-5-11-7-9-3-1-2-4-10(9)8-13-11/h1-5,7-9H,6H2;1-4,7-8H,5H2. The molecule has 35 heavy (non-hydrogen) atoms. The predicted octanol–water partition coefficient (Wildman–Crippen LogP) is 7.34. The number of nitrogens with zero attached hydrogens (tertiary/aromatic N) is 4. The SMILES string of the molecule is N#CCc1cc2ccccc2cn1.O=[N+]([O-])c1cc(Cl)c(Cc2cc3ccccc3cn2)c(Cl)c1. The Kier molecular flexibility index (Phi) is 7.51. The van der Waals surface area contributed by atoms with Crippen LogP contribution in [0.5, 0.6) is 0 Å². The van der Waals surface area contributed by atoms with Crippen LogP contribution in [0.3, 0.4) is 0 Å². The Hall–Kier alpha value is -4.05. The number of hydrogen-bond donors (Lipinski definition) is 0. The van der Waals surface area contributed by atoms with Gasteiger partial charge in [0.2, 0.25) is 0 Å². The molecule has 0 spiro atoms. The van der Waals surface area contributed by atoms with Crippen molar-refractivity contribution in [3.05, 3.63) is 122 Å². The molecule has 0 saturated heterocycles. The van der Waals surface area contributed by atoms with E-state index in [0.717, 1.165) is 32.9 Å². The van der Waals surface area contributed by atoms with E-state index in [0.29, 0.717) is 18.4 Å². The number of nitro benzene ring substituents is 1. The molecule has 0 amide bonds. The summed E-state index contributed by atoms with van der Waals surface area (Å²) >= 11 is 12.3. The van der Waals surface area contributed by atoms with Gasteiger partial charge in [0.05, 0.1) is 33.2 Å². The molecule has 0 aliphatic rings. The molecule has 8 heteroatoms. The molecular formula is C27H18Cl2N4O2. The molecule has 0 bridgehead atoms. The molecule has 6 nitrogen and oxygen atoms in total. The maximum atomic E-state index is 10.8. The van der Waals surface area contributed by atoms with Crippen molar-refractivity contribution in [3.63, 3.8) is 0 Å². The van der Waals surface area contributed by atoms with Crippen molar-refractivity contribution in [1.82, 2.24) is 9.97 Å². The first-order chi connectivity index (χ1) is 16.9. The fourth-order valence-corrected chi connectivity index (χ4v) is 4.19. The van der Waals surface area contributed by atoms with E-state index >= 15 is 0 Å². The van der Waals surface area contributed by atoms with Crippen molar-refractivity contribution in [3.8, 4) is 6.07 Å². The van der Waals surface area contributed by atoms with Crippen LogP contribution in [0.2, 0.25) is 10.0 Å². The van der Waals surface area contributed by atoms with Crippen molar-refractivity contribution in [2.75, 3.05) is 0 Å². The van der Waals surface area contributed by atoms with Crippen molar-refractivity contribution >= 4 is 50.4 Å². The summed E-state index contributed by atoms with van der Waals surface area (Å²) in [5.74, 6) is 0. The van der Waals surface area contributed by atoms with Gasteiger partial charge in [-0.3, -0.25) is 20.1 Å². The summed E-state index contributed by atoms with van der Waals surface area (Å²) in [6.07, 6.45) is 4.39. The first-order valence-corrected chi connectivity index (χ1v) is 11.4. The monoisotopic (exact) mass is 500 g/mol. The highest BCUT2D eigenvalue weighted by Crippen LogP contribution is 2.32. The van der Waals surface area contributed by atoms with Crippen LogP contribution >= 0.6 is 23.2 Å². The van der Waals surface area contributed by atoms with Crippen LogP contribution < -0.4 is 0 Å². The van der Waals surface area contributed by atoms with Crippen molar-refractivity contribution < 1.29 is 4.92 Å².